The lowest BCUT2D eigenvalue weighted by atomic mass is 9.82. The average molecular weight is 713 g/mol. The molecule has 0 radical (unpaired) electrons. The van der Waals surface area contributed by atoms with Crippen LogP contribution in [-0.2, 0) is 11.3 Å². The number of halogens is 1. The summed E-state index contributed by atoms with van der Waals surface area (Å²) in [6, 6.07) is 18.9. The van der Waals surface area contributed by atoms with E-state index in [0.29, 0.717) is 76.1 Å². The lowest BCUT2D eigenvalue weighted by Crippen LogP contribution is -2.43. The van der Waals surface area contributed by atoms with Gasteiger partial charge >= 0.3 is 6.09 Å². The van der Waals surface area contributed by atoms with Crippen LogP contribution in [0.1, 0.15) is 49.5 Å². The van der Waals surface area contributed by atoms with Crippen molar-refractivity contribution < 1.29 is 33.6 Å². The largest absolute Gasteiger partial charge is 0.496 e. The Kier molecular flexibility index (Phi) is 10.2. The highest BCUT2D eigenvalue weighted by atomic mass is 35.5. The molecule has 12 heteroatoms. The average Bonchev–Trinajstić information content (AvgIpc) is 3.54. The molecule has 3 aromatic carbocycles. The van der Waals surface area contributed by atoms with Crippen LogP contribution in [0.4, 0.5) is 4.79 Å². The van der Waals surface area contributed by atoms with E-state index >= 15 is 0 Å². The number of carbonyl (C=O) groups is 2. The predicted octanol–water partition coefficient (Wildman–Crippen LogP) is 7.75. The van der Waals surface area contributed by atoms with Crippen molar-refractivity contribution in [2.24, 2.45) is 5.92 Å². The van der Waals surface area contributed by atoms with Gasteiger partial charge in [0.15, 0.2) is 6.29 Å². The van der Waals surface area contributed by atoms with E-state index in [0.717, 1.165) is 22.0 Å². The van der Waals surface area contributed by atoms with Gasteiger partial charge in [-0.25, -0.2) is 14.5 Å². The molecule has 0 unspecified atom stereocenters. The third kappa shape index (κ3) is 7.36. The van der Waals surface area contributed by atoms with Crippen molar-refractivity contribution in [2.75, 3.05) is 27.9 Å². The molecule has 1 amide bonds. The van der Waals surface area contributed by atoms with Crippen LogP contribution < -0.4 is 14.2 Å². The zero-order valence-corrected chi connectivity index (χ0v) is 30.2. The number of hydrogen-bond donors (Lipinski definition) is 1. The van der Waals surface area contributed by atoms with Crippen LogP contribution in [0, 0.1) is 5.92 Å². The smallest absolute Gasteiger partial charge is 0.410 e. The van der Waals surface area contributed by atoms with Crippen LogP contribution in [0.2, 0.25) is 5.02 Å². The minimum atomic E-state index is -0.658. The molecule has 0 aliphatic heterocycles. The Morgan fingerprint density at radius 1 is 0.980 bits per heavy atom. The van der Waals surface area contributed by atoms with Crippen LogP contribution in [-0.4, -0.2) is 76.7 Å². The molecule has 51 heavy (non-hydrogen) atoms. The molecule has 1 aliphatic rings. The molecular weight excluding hydrogens is 672 g/mol. The van der Waals surface area contributed by atoms with Crippen molar-refractivity contribution in [3.8, 4) is 45.5 Å². The maximum Gasteiger partial charge on any atom is 0.410 e. The van der Waals surface area contributed by atoms with Gasteiger partial charge in [-0.05, 0) is 63.3 Å². The number of carbonyl (C=O) groups excluding carboxylic acids is 2. The fraction of sp³-hybridized carbons (Fsp3) is 0.333. The highest BCUT2D eigenvalue weighted by molar-refractivity contribution is 6.36. The van der Waals surface area contributed by atoms with Gasteiger partial charge in [0.2, 0.25) is 5.88 Å². The van der Waals surface area contributed by atoms with Gasteiger partial charge < -0.3 is 29.0 Å². The van der Waals surface area contributed by atoms with E-state index in [2.05, 4.69) is 5.10 Å². The molecule has 1 saturated carbocycles. The molecule has 2 heterocycles. The van der Waals surface area contributed by atoms with Crippen LogP contribution in [0.3, 0.4) is 0 Å². The number of nitrogens with zero attached hydrogens (tertiary/aromatic N) is 4. The molecule has 0 saturated heterocycles. The first-order valence-corrected chi connectivity index (χ1v) is 17.0. The highest BCUT2D eigenvalue weighted by Gasteiger charge is 2.32. The van der Waals surface area contributed by atoms with Gasteiger partial charge in [-0.1, -0.05) is 41.9 Å². The van der Waals surface area contributed by atoms with Gasteiger partial charge in [0.25, 0.3) is 0 Å². The monoisotopic (exact) mass is 712 g/mol. The second-order valence-corrected chi connectivity index (χ2v) is 13.9. The summed E-state index contributed by atoms with van der Waals surface area (Å²) >= 11 is 7.16. The Bertz CT molecular complexity index is 2060. The summed E-state index contributed by atoms with van der Waals surface area (Å²) < 4.78 is 24.2. The van der Waals surface area contributed by atoms with E-state index in [9.17, 15) is 14.7 Å². The summed E-state index contributed by atoms with van der Waals surface area (Å²) in [7, 11) is 4.54. The van der Waals surface area contributed by atoms with Crippen molar-refractivity contribution >= 4 is 34.9 Å². The van der Waals surface area contributed by atoms with Gasteiger partial charge in [0, 0.05) is 40.8 Å². The number of methoxy groups -OCH3 is 3. The Labute approximate surface area is 301 Å². The lowest BCUT2D eigenvalue weighted by molar-refractivity contribution is -0.00238. The number of ether oxygens (including phenoxy) is 4. The topological polar surface area (TPSA) is 125 Å². The second-order valence-electron chi connectivity index (χ2n) is 13.6. The molecule has 0 atom stereocenters. The van der Waals surface area contributed by atoms with Gasteiger partial charge in [-0.3, -0.25) is 4.79 Å². The van der Waals surface area contributed by atoms with Crippen LogP contribution in [0.5, 0.6) is 17.4 Å². The summed E-state index contributed by atoms with van der Waals surface area (Å²) in [5.74, 6) is 1.31. The van der Waals surface area contributed by atoms with Gasteiger partial charge in [0.05, 0.1) is 67.7 Å². The molecule has 266 valence electrons. The minimum Gasteiger partial charge on any atom is -0.496 e. The third-order valence-electron chi connectivity index (χ3n) is 8.90. The van der Waals surface area contributed by atoms with Crippen molar-refractivity contribution in [3.05, 3.63) is 83.0 Å². The summed E-state index contributed by atoms with van der Waals surface area (Å²) in [4.78, 5) is 31.4. The van der Waals surface area contributed by atoms with E-state index in [4.69, 9.17) is 35.5 Å². The number of benzene rings is 3. The molecule has 2 aromatic heterocycles. The van der Waals surface area contributed by atoms with E-state index in [1.54, 1.807) is 35.0 Å². The molecular formula is C39H41ClN4O7. The predicted molar refractivity (Wildman–Crippen MR) is 195 cm³/mol. The first-order valence-electron chi connectivity index (χ1n) is 16.6. The Morgan fingerprint density at radius 3 is 2.27 bits per heavy atom. The maximum absolute atomic E-state index is 13.2. The van der Waals surface area contributed by atoms with Crippen molar-refractivity contribution in [1.82, 2.24) is 19.7 Å². The number of aldehydes is 1. The molecule has 11 nitrogen and oxygen atoms in total. The van der Waals surface area contributed by atoms with Gasteiger partial charge in [-0.15, -0.1) is 0 Å². The SMILES string of the molecule is COc1cc(-n2ncc3c(-c4cccc(-c5ccc(CN(CC6CC(O)C6)C(=O)OC(C)(C)C)c(OC)n5)c4Cl)cccc32)cc(OC)c1C=O. The van der Waals surface area contributed by atoms with Crippen LogP contribution in [0.25, 0.3) is 39.0 Å². The molecule has 0 spiro atoms. The van der Waals surface area contributed by atoms with Crippen molar-refractivity contribution in [2.45, 2.75) is 51.9 Å². The number of amides is 1. The van der Waals surface area contributed by atoms with Crippen molar-refractivity contribution in [3.63, 3.8) is 0 Å². The fourth-order valence-corrected chi connectivity index (χ4v) is 6.73. The first-order chi connectivity index (χ1) is 24.4. The maximum atomic E-state index is 13.2. The zero-order chi connectivity index (χ0) is 36.4. The summed E-state index contributed by atoms with van der Waals surface area (Å²) in [6.07, 6.45) is 3.01. The Hall–Kier alpha value is -5.13. The molecule has 1 aliphatic carbocycles. The minimum absolute atomic E-state index is 0.192. The molecule has 0 bridgehead atoms. The summed E-state index contributed by atoms with van der Waals surface area (Å²) in [6.45, 7) is 6.19. The number of aromatic nitrogens is 3. The second kappa shape index (κ2) is 14.6. The van der Waals surface area contributed by atoms with Crippen LogP contribution in [0.15, 0.2) is 66.9 Å². The highest BCUT2D eigenvalue weighted by Crippen LogP contribution is 2.40. The summed E-state index contributed by atoms with van der Waals surface area (Å²) in [5.41, 5.74) is 4.81. The van der Waals surface area contributed by atoms with Crippen molar-refractivity contribution in [1.29, 1.82) is 0 Å². The van der Waals surface area contributed by atoms with E-state index in [1.807, 2.05) is 69.3 Å². The first kappa shape index (κ1) is 35.7. The molecule has 1 N–H and O–H groups in total. The van der Waals surface area contributed by atoms with Gasteiger partial charge in [-0.2, -0.15) is 5.10 Å². The quantitative estimate of drug-likeness (QED) is 0.137. The molecule has 5 aromatic rings. The standard InChI is InChI=1S/C39H41ClN4O7/c1-39(2,3)51-38(47)43(20-23-15-26(46)16-23)21-24-13-14-32(42-37(24)50-6)29-11-7-10-28(36(29)40)27-9-8-12-33-30(27)19-41-44(33)25-17-34(48-4)31(22-45)35(18-25)49-5/h7-14,17-19,22-23,26,46H,15-16,20-21H2,1-6H3. The normalized spacial score (nSPS) is 15.6. The third-order valence-corrected chi connectivity index (χ3v) is 9.31. The van der Waals surface area contributed by atoms with E-state index in [1.165, 1.54) is 14.2 Å². The number of pyridine rings is 1. The number of rotatable bonds is 11. The van der Waals surface area contributed by atoms with Gasteiger partial charge in [0.1, 0.15) is 17.1 Å². The number of aliphatic hydroxyl groups excluding tert-OH is 1. The fourth-order valence-electron chi connectivity index (χ4n) is 6.41. The van der Waals surface area contributed by atoms with E-state index < -0.39 is 11.7 Å². The summed E-state index contributed by atoms with van der Waals surface area (Å²) in [5, 5.41) is 15.9. The zero-order valence-electron chi connectivity index (χ0n) is 29.5. The van der Waals surface area contributed by atoms with Crippen LogP contribution >= 0.6 is 11.6 Å². The molecule has 1 fully saturated rings. The van der Waals surface area contributed by atoms with E-state index in [-0.39, 0.29) is 18.6 Å². The number of fused-ring (bicyclic) bond motifs is 1. The Morgan fingerprint density at radius 2 is 1.65 bits per heavy atom. The Balaban J connectivity index is 1.33. The lowest BCUT2D eigenvalue weighted by Gasteiger charge is -2.36. The molecule has 6 rings (SSSR count). The number of aliphatic hydroxyl groups is 1. The number of hydrogen-bond acceptors (Lipinski definition) is 9.